The van der Waals surface area contributed by atoms with E-state index in [1.807, 2.05) is 18.2 Å². The molecule has 0 atom stereocenters. The lowest BCUT2D eigenvalue weighted by molar-refractivity contribution is 0.181. The standard InChI is InChI=1S/C21H28N6O/c1-25(2)15-20-22-23-21(26(20)3)17-9-11-27(12-10-17)14-18-13-19(24-28-18)16-7-5-4-6-8-16/h4-8,13,17H,9-12,14-15H2,1-3H3. The van der Waals surface area contributed by atoms with Gasteiger partial charge in [-0.05, 0) is 40.0 Å². The molecule has 0 amide bonds. The van der Waals surface area contributed by atoms with Gasteiger partial charge in [0.15, 0.2) is 5.76 Å². The smallest absolute Gasteiger partial charge is 0.151 e. The average Bonchev–Trinajstić information content (AvgIpc) is 3.30. The predicted molar refractivity (Wildman–Crippen MR) is 108 cm³/mol. The Morgan fingerprint density at radius 2 is 1.86 bits per heavy atom. The minimum atomic E-state index is 0.472. The SMILES string of the molecule is CN(C)Cc1nnc(C2CCN(Cc3cc(-c4ccccc4)no3)CC2)n1C. The van der Waals surface area contributed by atoms with E-state index >= 15 is 0 Å². The summed E-state index contributed by atoms with van der Waals surface area (Å²) in [6.07, 6.45) is 2.18. The van der Waals surface area contributed by atoms with Crippen molar-refractivity contribution >= 4 is 0 Å². The van der Waals surface area contributed by atoms with Crippen molar-refractivity contribution in [2.24, 2.45) is 7.05 Å². The highest BCUT2D eigenvalue weighted by Crippen LogP contribution is 2.28. The molecule has 3 heterocycles. The summed E-state index contributed by atoms with van der Waals surface area (Å²) in [5.74, 6) is 3.53. The number of hydrogen-bond acceptors (Lipinski definition) is 6. The van der Waals surface area contributed by atoms with Crippen LogP contribution in [-0.2, 0) is 20.1 Å². The number of nitrogens with zero attached hydrogens (tertiary/aromatic N) is 6. The van der Waals surface area contributed by atoms with Crippen LogP contribution in [0.3, 0.4) is 0 Å². The highest BCUT2D eigenvalue weighted by molar-refractivity contribution is 5.58. The fourth-order valence-corrected chi connectivity index (χ4v) is 3.85. The van der Waals surface area contributed by atoms with Gasteiger partial charge in [-0.15, -0.1) is 10.2 Å². The molecule has 3 aromatic rings. The number of likely N-dealkylation sites (tertiary alicyclic amines) is 1. The maximum Gasteiger partial charge on any atom is 0.151 e. The molecular weight excluding hydrogens is 352 g/mol. The Balaban J connectivity index is 1.34. The fourth-order valence-electron chi connectivity index (χ4n) is 3.85. The van der Waals surface area contributed by atoms with Gasteiger partial charge < -0.3 is 14.0 Å². The summed E-state index contributed by atoms with van der Waals surface area (Å²) in [7, 11) is 6.19. The van der Waals surface area contributed by atoms with Gasteiger partial charge in [-0.3, -0.25) is 4.90 Å². The molecule has 1 aromatic carbocycles. The third-order valence-electron chi connectivity index (χ3n) is 5.42. The summed E-state index contributed by atoms with van der Waals surface area (Å²) in [4.78, 5) is 4.56. The van der Waals surface area contributed by atoms with E-state index in [2.05, 4.69) is 69.1 Å². The van der Waals surface area contributed by atoms with Crippen LogP contribution in [0.4, 0.5) is 0 Å². The third kappa shape index (κ3) is 4.15. The molecule has 1 aliphatic rings. The van der Waals surface area contributed by atoms with Crippen molar-refractivity contribution in [1.29, 1.82) is 0 Å². The lowest BCUT2D eigenvalue weighted by atomic mass is 9.96. The Hall–Kier alpha value is -2.51. The van der Waals surface area contributed by atoms with Gasteiger partial charge in [0.25, 0.3) is 0 Å². The van der Waals surface area contributed by atoms with E-state index in [1.54, 1.807) is 0 Å². The Morgan fingerprint density at radius 3 is 2.57 bits per heavy atom. The lowest BCUT2D eigenvalue weighted by Gasteiger charge is -2.30. The van der Waals surface area contributed by atoms with Gasteiger partial charge in [0.2, 0.25) is 0 Å². The second kappa shape index (κ2) is 8.24. The molecule has 0 saturated carbocycles. The molecule has 1 saturated heterocycles. The second-order valence-electron chi connectivity index (χ2n) is 7.87. The average molecular weight is 380 g/mol. The highest BCUT2D eigenvalue weighted by Gasteiger charge is 2.26. The van der Waals surface area contributed by atoms with Crippen LogP contribution in [0.25, 0.3) is 11.3 Å². The summed E-state index contributed by atoms with van der Waals surface area (Å²) in [5.41, 5.74) is 1.99. The maximum absolute atomic E-state index is 5.57. The van der Waals surface area contributed by atoms with Gasteiger partial charge in [-0.1, -0.05) is 35.5 Å². The van der Waals surface area contributed by atoms with Crippen molar-refractivity contribution in [2.45, 2.75) is 31.8 Å². The summed E-state index contributed by atoms with van der Waals surface area (Å²) in [6.45, 7) is 3.68. The summed E-state index contributed by atoms with van der Waals surface area (Å²) in [6, 6.07) is 12.2. The van der Waals surface area contributed by atoms with Crippen LogP contribution < -0.4 is 0 Å². The Labute approximate surface area is 166 Å². The number of aromatic nitrogens is 4. The van der Waals surface area contributed by atoms with Gasteiger partial charge >= 0.3 is 0 Å². The quantitative estimate of drug-likeness (QED) is 0.655. The predicted octanol–water partition coefficient (Wildman–Crippen LogP) is 2.91. The summed E-state index contributed by atoms with van der Waals surface area (Å²) >= 11 is 0. The first-order valence-corrected chi connectivity index (χ1v) is 9.86. The van der Waals surface area contributed by atoms with Crippen molar-refractivity contribution in [3.63, 3.8) is 0 Å². The molecule has 1 fully saturated rings. The van der Waals surface area contributed by atoms with Crippen molar-refractivity contribution in [2.75, 3.05) is 27.2 Å². The topological polar surface area (TPSA) is 63.2 Å². The van der Waals surface area contributed by atoms with Crippen molar-refractivity contribution < 1.29 is 4.52 Å². The van der Waals surface area contributed by atoms with E-state index in [4.69, 9.17) is 4.52 Å². The van der Waals surface area contributed by atoms with E-state index in [-0.39, 0.29) is 0 Å². The van der Waals surface area contributed by atoms with Gasteiger partial charge in [-0.2, -0.15) is 0 Å². The molecule has 28 heavy (non-hydrogen) atoms. The largest absolute Gasteiger partial charge is 0.359 e. The molecule has 1 aliphatic heterocycles. The van der Waals surface area contributed by atoms with E-state index in [0.717, 1.165) is 67.7 Å². The third-order valence-corrected chi connectivity index (χ3v) is 5.42. The molecule has 0 aliphatic carbocycles. The maximum atomic E-state index is 5.57. The number of piperidine rings is 1. The summed E-state index contributed by atoms with van der Waals surface area (Å²) in [5, 5.41) is 13.1. The van der Waals surface area contributed by atoms with Crippen molar-refractivity contribution in [1.82, 2.24) is 29.7 Å². The number of hydrogen-bond donors (Lipinski definition) is 0. The van der Waals surface area contributed by atoms with Crippen LogP contribution in [0.2, 0.25) is 0 Å². The minimum Gasteiger partial charge on any atom is -0.359 e. The molecule has 0 N–H and O–H groups in total. The zero-order valence-corrected chi connectivity index (χ0v) is 16.9. The van der Waals surface area contributed by atoms with E-state index in [0.29, 0.717) is 5.92 Å². The zero-order chi connectivity index (χ0) is 19.5. The molecule has 0 bridgehead atoms. The monoisotopic (exact) mass is 380 g/mol. The van der Waals surface area contributed by atoms with E-state index in [1.165, 1.54) is 0 Å². The van der Waals surface area contributed by atoms with Gasteiger partial charge in [0.05, 0.1) is 13.1 Å². The number of rotatable bonds is 6. The minimum absolute atomic E-state index is 0.472. The van der Waals surface area contributed by atoms with Crippen LogP contribution in [0, 0.1) is 0 Å². The van der Waals surface area contributed by atoms with Gasteiger partial charge in [-0.25, -0.2) is 0 Å². The van der Waals surface area contributed by atoms with Crippen LogP contribution in [0.1, 0.15) is 36.2 Å². The van der Waals surface area contributed by atoms with Crippen LogP contribution in [-0.4, -0.2) is 56.9 Å². The zero-order valence-electron chi connectivity index (χ0n) is 16.9. The molecule has 7 nitrogen and oxygen atoms in total. The summed E-state index contributed by atoms with van der Waals surface area (Å²) < 4.78 is 7.74. The van der Waals surface area contributed by atoms with Gasteiger partial charge in [0.1, 0.15) is 17.3 Å². The first kappa shape index (κ1) is 18.8. The molecule has 0 unspecified atom stereocenters. The molecule has 2 aromatic heterocycles. The van der Waals surface area contributed by atoms with E-state index < -0.39 is 0 Å². The fraction of sp³-hybridized carbons (Fsp3) is 0.476. The molecule has 0 spiro atoms. The van der Waals surface area contributed by atoms with Crippen LogP contribution in [0.5, 0.6) is 0 Å². The van der Waals surface area contributed by atoms with Crippen molar-refractivity contribution in [3.05, 3.63) is 53.8 Å². The molecule has 0 radical (unpaired) electrons. The Bertz CT molecular complexity index is 893. The second-order valence-corrected chi connectivity index (χ2v) is 7.87. The van der Waals surface area contributed by atoms with Crippen molar-refractivity contribution in [3.8, 4) is 11.3 Å². The van der Waals surface area contributed by atoms with E-state index in [9.17, 15) is 0 Å². The Kier molecular flexibility index (Phi) is 5.54. The molecule has 4 rings (SSSR count). The lowest BCUT2D eigenvalue weighted by Crippen LogP contribution is -2.33. The number of benzene rings is 1. The van der Waals surface area contributed by atoms with Gasteiger partial charge in [0, 0.05) is 24.6 Å². The first-order chi connectivity index (χ1) is 13.6. The molecule has 148 valence electrons. The highest BCUT2D eigenvalue weighted by atomic mass is 16.5. The Morgan fingerprint density at radius 1 is 1.11 bits per heavy atom. The first-order valence-electron chi connectivity index (χ1n) is 9.86. The molecular formula is C21H28N6O. The molecule has 7 heteroatoms. The normalized spacial score (nSPS) is 16.1. The van der Waals surface area contributed by atoms with Crippen LogP contribution >= 0.6 is 0 Å². The van der Waals surface area contributed by atoms with Crippen LogP contribution in [0.15, 0.2) is 40.9 Å².